The van der Waals surface area contributed by atoms with Gasteiger partial charge in [-0.15, -0.1) is 0 Å². The summed E-state index contributed by atoms with van der Waals surface area (Å²) in [7, 11) is 2.01. The first-order valence-electron chi connectivity index (χ1n) is 5.99. The molecule has 18 heavy (non-hydrogen) atoms. The Morgan fingerprint density at radius 2 is 2.17 bits per heavy atom. The van der Waals surface area contributed by atoms with Gasteiger partial charge in [-0.2, -0.15) is 0 Å². The highest BCUT2D eigenvalue weighted by Gasteiger charge is 2.28. The van der Waals surface area contributed by atoms with Crippen LogP contribution in [0.2, 0.25) is 5.02 Å². The van der Waals surface area contributed by atoms with Crippen molar-refractivity contribution in [1.82, 2.24) is 4.90 Å². The van der Waals surface area contributed by atoms with Crippen molar-refractivity contribution in [3.05, 3.63) is 29.3 Å². The van der Waals surface area contributed by atoms with E-state index in [-0.39, 0.29) is 12.5 Å². The summed E-state index contributed by atoms with van der Waals surface area (Å²) in [5, 5.41) is 9.69. The molecule has 0 radical (unpaired) electrons. The van der Waals surface area contributed by atoms with Gasteiger partial charge in [0.25, 0.3) is 0 Å². The van der Waals surface area contributed by atoms with Gasteiger partial charge in [0.05, 0.1) is 23.2 Å². The predicted molar refractivity (Wildman–Crippen MR) is 72.3 cm³/mol. The lowest BCUT2D eigenvalue weighted by molar-refractivity contribution is -0.137. The molecule has 1 unspecified atom stereocenters. The van der Waals surface area contributed by atoms with E-state index in [0.717, 1.165) is 25.3 Å². The first-order chi connectivity index (χ1) is 8.58. The topological polar surface area (TPSA) is 43.8 Å². The van der Waals surface area contributed by atoms with E-state index >= 15 is 0 Å². The Bertz CT molecular complexity index is 439. The third kappa shape index (κ3) is 2.94. The Labute approximate surface area is 112 Å². The summed E-state index contributed by atoms with van der Waals surface area (Å²) in [6.45, 7) is 2.47. The van der Waals surface area contributed by atoms with Crippen LogP contribution in [0.15, 0.2) is 24.3 Å². The fourth-order valence-electron chi connectivity index (χ4n) is 2.39. The van der Waals surface area contributed by atoms with Crippen molar-refractivity contribution in [2.24, 2.45) is 0 Å². The third-order valence-electron chi connectivity index (χ3n) is 3.26. The number of aliphatic carboxylic acids is 1. The maximum Gasteiger partial charge on any atom is 0.305 e. The molecule has 1 saturated heterocycles. The first kappa shape index (κ1) is 13.2. The van der Waals surface area contributed by atoms with Crippen molar-refractivity contribution < 1.29 is 9.90 Å². The highest BCUT2D eigenvalue weighted by Crippen LogP contribution is 2.29. The predicted octanol–water partition coefficient (Wildman–Crippen LogP) is 1.94. The Hall–Kier alpha value is -1.26. The molecule has 0 aromatic heterocycles. The van der Waals surface area contributed by atoms with Gasteiger partial charge in [0.1, 0.15) is 0 Å². The molecule has 1 heterocycles. The average Bonchev–Trinajstić information content (AvgIpc) is 2.30. The zero-order chi connectivity index (χ0) is 13.1. The van der Waals surface area contributed by atoms with Crippen LogP contribution in [0.25, 0.3) is 0 Å². The van der Waals surface area contributed by atoms with Crippen molar-refractivity contribution in [3.8, 4) is 0 Å². The van der Waals surface area contributed by atoms with Crippen LogP contribution < -0.4 is 4.90 Å². The normalized spacial score (nSPS) is 21.0. The second kappa shape index (κ2) is 5.59. The number of carboxylic acids is 1. The van der Waals surface area contributed by atoms with E-state index in [1.165, 1.54) is 0 Å². The van der Waals surface area contributed by atoms with Crippen molar-refractivity contribution >= 4 is 23.3 Å². The van der Waals surface area contributed by atoms with Gasteiger partial charge in [0, 0.05) is 19.6 Å². The number of hydrogen-bond donors (Lipinski definition) is 1. The lowest BCUT2D eigenvalue weighted by Gasteiger charge is -2.41. The third-order valence-corrected chi connectivity index (χ3v) is 3.58. The zero-order valence-corrected chi connectivity index (χ0v) is 11.1. The van der Waals surface area contributed by atoms with Gasteiger partial charge in [-0.05, 0) is 19.2 Å². The number of likely N-dealkylation sites (N-methyl/N-ethyl adjacent to an activating group) is 1. The van der Waals surface area contributed by atoms with Crippen LogP contribution in [0.4, 0.5) is 5.69 Å². The van der Waals surface area contributed by atoms with Gasteiger partial charge in [0.15, 0.2) is 0 Å². The highest BCUT2D eigenvalue weighted by atomic mass is 35.5. The number of rotatable bonds is 3. The molecule has 0 bridgehead atoms. The summed E-state index contributed by atoms with van der Waals surface area (Å²) in [5.41, 5.74) is 0.929. The molecule has 1 aliphatic rings. The molecule has 1 atom stereocenters. The molecular weight excluding hydrogens is 252 g/mol. The minimum absolute atomic E-state index is 0.0267. The first-order valence-corrected chi connectivity index (χ1v) is 6.37. The second-order valence-corrected chi connectivity index (χ2v) is 5.07. The smallest absolute Gasteiger partial charge is 0.305 e. The Morgan fingerprint density at radius 1 is 1.44 bits per heavy atom. The molecule has 2 rings (SSSR count). The molecule has 0 amide bonds. The summed E-state index contributed by atoms with van der Waals surface area (Å²) in [6, 6.07) is 7.57. The number of hydrogen-bond acceptors (Lipinski definition) is 3. The minimum Gasteiger partial charge on any atom is -0.481 e. The van der Waals surface area contributed by atoms with Crippen molar-refractivity contribution in [2.45, 2.75) is 12.5 Å². The fourth-order valence-corrected chi connectivity index (χ4v) is 2.63. The number of carbonyl (C=O) groups is 1. The lowest BCUT2D eigenvalue weighted by Crippen LogP contribution is -2.52. The molecule has 1 N–H and O–H groups in total. The van der Waals surface area contributed by atoms with Crippen LogP contribution in [0, 0.1) is 0 Å². The van der Waals surface area contributed by atoms with Gasteiger partial charge >= 0.3 is 5.97 Å². The molecule has 0 aliphatic carbocycles. The monoisotopic (exact) mass is 268 g/mol. The molecular formula is C13H17ClN2O2. The van der Waals surface area contributed by atoms with Gasteiger partial charge < -0.3 is 14.9 Å². The molecule has 4 nitrogen and oxygen atoms in total. The van der Waals surface area contributed by atoms with Crippen LogP contribution in [0.5, 0.6) is 0 Å². The Balaban J connectivity index is 2.23. The van der Waals surface area contributed by atoms with E-state index in [4.69, 9.17) is 16.7 Å². The van der Waals surface area contributed by atoms with E-state index in [1.54, 1.807) is 0 Å². The lowest BCUT2D eigenvalue weighted by atomic mass is 10.1. The number of para-hydroxylation sites is 1. The molecule has 1 aromatic rings. The van der Waals surface area contributed by atoms with Crippen LogP contribution >= 0.6 is 11.6 Å². The molecule has 0 spiro atoms. The van der Waals surface area contributed by atoms with Crippen molar-refractivity contribution in [2.75, 3.05) is 31.6 Å². The Morgan fingerprint density at radius 3 is 2.83 bits per heavy atom. The van der Waals surface area contributed by atoms with Crippen LogP contribution in [0.3, 0.4) is 0 Å². The maximum atomic E-state index is 11.0. The quantitative estimate of drug-likeness (QED) is 0.910. The fraction of sp³-hybridized carbons (Fsp3) is 0.462. The number of piperazine rings is 1. The SMILES string of the molecule is CN1CCN(c2ccccc2Cl)C(CC(=O)O)C1. The molecule has 98 valence electrons. The van der Waals surface area contributed by atoms with Crippen molar-refractivity contribution in [1.29, 1.82) is 0 Å². The van der Waals surface area contributed by atoms with E-state index in [9.17, 15) is 4.79 Å². The Kier molecular flexibility index (Phi) is 4.09. The molecule has 0 saturated carbocycles. The summed E-state index contributed by atoms with van der Waals surface area (Å²) in [6.07, 6.45) is 0.134. The molecule has 1 fully saturated rings. The van der Waals surface area contributed by atoms with Crippen LogP contribution in [0.1, 0.15) is 6.42 Å². The van der Waals surface area contributed by atoms with Crippen LogP contribution in [-0.4, -0.2) is 48.7 Å². The van der Waals surface area contributed by atoms with E-state index in [2.05, 4.69) is 9.80 Å². The second-order valence-electron chi connectivity index (χ2n) is 4.66. The summed E-state index contributed by atoms with van der Waals surface area (Å²) in [4.78, 5) is 15.2. The number of anilines is 1. The van der Waals surface area contributed by atoms with Crippen molar-refractivity contribution in [3.63, 3.8) is 0 Å². The van der Waals surface area contributed by atoms with Gasteiger partial charge in [0.2, 0.25) is 0 Å². The van der Waals surface area contributed by atoms with E-state index < -0.39 is 5.97 Å². The standard InChI is InChI=1S/C13H17ClN2O2/c1-15-6-7-16(10(9-15)8-13(17)18)12-5-3-2-4-11(12)14/h2-5,10H,6-9H2,1H3,(H,17,18). The van der Waals surface area contributed by atoms with Crippen LogP contribution in [-0.2, 0) is 4.79 Å². The summed E-state index contributed by atoms with van der Waals surface area (Å²) < 4.78 is 0. The maximum absolute atomic E-state index is 11.0. The summed E-state index contributed by atoms with van der Waals surface area (Å²) >= 11 is 6.19. The zero-order valence-electron chi connectivity index (χ0n) is 10.3. The number of nitrogens with zero attached hydrogens (tertiary/aromatic N) is 2. The van der Waals surface area contributed by atoms with E-state index in [0.29, 0.717) is 5.02 Å². The summed E-state index contributed by atoms with van der Waals surface area (Å²) in [5.74, 6) is -0.771. The number of benzene rings is 1. The van der Waals surface area contributed by atoms with Gasteiger partial charge in [-0.1, -0.05) is 23.7 Å². The molecule has 1 aromatic carbocycles. The van der Waals surface area contributed by atoms with Gasteiger partial charge in [-0.3, -0.25) is 4.79 Å². The average molecular weight is 269 g/mol. The van der Waals surface area contributed by atoms with E-state index in [1.807, 2.05) is 31.3 Å². The molecule has 5 heteroatoms. The number of carboxylic acid groups (broad SMARTS) is 1. The highest BCUT2D eigenvalue weighted by molar-refractivity contribution is 6.33. The molecule has 1 aliphatic heterocycles. The van der Waals surface area contributed by atoms with Gasteiger partial charge in [-0.25, -0.2) is 0 Å². The minimum atomic E-state index is -0.771. The largest absolute Gasteiger partial charge is 0.481 e. The number of halogens is 1.